The zero-order valence-corrected chi connectivity index (χ0v) is 9.35. The Morgan fingerprint density at radius 1 is 1.25 bits per heavy atom. The van der Waals surface area contributed by atoms with Gasteiger partial charge in [0, 0.05) is 5.70 Å². The fourth-order valence-corrected chi connectivity index (χ4v) is 2.17. The third-order valence-corrected chi connectivity index (χ3v) is 3.03. The first kappa shape index (κ1) is 9.40. The molecule has 0 fully saturated rings. The molecular formula is C14H14N2. The molecule has 0 spiro atoms. The highest BCUT2D eigenvalue weighted by atomic mass is 15.1. The van der Waals surface area contributed by atoms with Crippen molar-refractivity contribution in [3.63, 3.8) is 0 Å². The first-order valence-corrected chi connectivity index (χ1v) is 5.66. The van der Waals surface area contributed by atoms with Crippen LogP contribution >= 0.6 is 0 Å². The molecule has 1 aliphatic carbocycles. The third kappa shape index (κ3) is 1.38. The standard InChI is InChI=1S/C14H14N2/c1-11-6-5-9-13-14(11)15-10-16(13)12-7-3-2-4-8-12/h3,5-10H,2,4H2,1H3. The van der Waals surface area contributed by atoms with E-state index < -0.39 is 0 Å². The summed E-state index contributed by atoms with van der Waals surface area (Å²) in [5, 5.41) is 0. The van der Waals surface area contributed by atoms with Crippen molar-refractivity contribution < 1.29 is 0 Å². The SMILES string of the molecule is Cc1cccc2c1ncn2C1=CCCC=C1. The summed E-state index contributed by atoms with van der Waals surface area (Å²) < 4.78 is 2.16. The number of allylic oxidation sites excluding steroid dienone is 4. The molecule has 1 aromatic carbocycles. The van der Waals surface area contributed by atoms with Gasteiger partial charge in [0.1, 0.15) is 6.33 Å². The molecule has 0 atom stereocenters. The summed E-state index contributed by atoms with van der Waals surface area (Å²) in [5.41, 5.74) is 4.76. The Labute approximate surface area is 94.9 Å². The second-order valence-corrected chi connectivity index (χ2v) is 4.17. The third-order valence-electron chi connectivity index (χ3n) is 3.03. The van der Waals surface area contributed by atoms with Gasteiger partial charge in [0.25, 0.3) is 0 Å². The highest BCUT2D eigenvalue weighted by Gasteiger charge is 2.07. The van der Waals surface area contributed by atoms with E-state index in [0.717, 1.165) is 18.4 Å². The van der Waals surface area contributed by atoms with Crippen LogP contribution in [0.2, 0.25) is 0 Å². The number of rotatable bonds is 1. The van der Waals surface area contributed by atoms with E-state index in [-0.39, 0.29) is 0 Å². The van der Waals surface area contributed by atoms with Crippen LogP contribution in [-0.2, 0) is 0 Å². The lowest BCUT2D eigenvalue weighted by molar-refractivity contribution is 1.01. The number of para-hydroxylation sites is 1. The predicted molar refractivity (Wildman–Crippen MR) is 67.1 cm³/mol. The van der Waals surface area contributed by atoms with E-state index in [1.807, 2.05) is 6.33 Å². The Hall–Kier alpha value is -1.83. The number of fused-ring (bicyclic) bond motifs is 1. The van der Waals surface area contributed by atoms with Gasteiger partial charge in [-0.15, -0.1) is 0 Å². The number of nitrogens with zero attached hydrogens (tertiary/aromatic N) is 2. The molecule has 2 heteroatoms. The van der Waals surface area contributed by atoms with Crippen LogP contribution in [0.25, 0.3) is 16.7 Å². The molecule has 1 heterocycles. The van der Waals surface area contributed by atoms with E-state index in [0.29, 0.717) is 0 Å². The molecule has 1 aliphatic rings. The topological polar surface area (TPSA) is 17.8 Å². The molecule has 1 aromatic heterocycles. The van der Waals surface area contributed by atoms with Gasteiger partial charge >= 0.3 is 0 Å². The molecule has 2 nitrogen and oxygen atoms in total. The lowest BCUT2D eigenvalue weighted by Gasteiger charge is -2.09. The summed E-state index contributed by atoms with van der Waals surface area (Å²) in [4.78, 5) is 4.48. The van der Waals surface area contributed by atoms with Crippen molar-refractivity contribution >= 4 is 16.7 Å². The smallest absolute Gasteiger partial charge is 0.100 e. The Kier molecular flexibility index (Phi) is 2.13. The van der Waals surface area contributed by atoms with E-state index in [4.69, 9.17) is 0 Å². The molecule has 0 unspecified atom stereocenters. The predicted octanol–water partition coefficient (Wildman–Crippen LogP) is 3.54. The van der Waals surface area contributed by atoms with Gasteiger partial charge in [0.2, 0.25) is 0 Å². The van der Waals surface area contributed by atoms with Crippen LogP contribution in [0.4, 0.5) is 0 Å². The number of aryl methyl sites for hydroxylation is 1. The summed E-state index contributed by atoms with van der Waals surface area (Å²) in [6.45, 7) is 2.10. The van der Waals surface area contributed by atoms with Crippen molar-refractivity contribution in [2.24, 2.45) is 0 Å². The molecule has 0 radical (unpaired) electrons. The Bertz CT molecular complexity index is 588. The maximum atomic E-state index is 4.48. The van der Waals surface area contributed by atoms with Crippen molar-refractivity contribution in [2.45, 2.75) is 19.8 Å². The van der Waals surface area contributed by atoms with E-state index in [1.165, 1.54) is 16.8 Å². The van der Waals surface area contributed by atoms with Crippen LogP contribution in [0.15, 0.2) is 42.8 Å². The lowest BCUT2D eigenvalue weighted by atomic mass is 10.1. The minimum absolute atomic E-state index is 1.10. The molecular weight excluding hydrogens is 196 g/mol. The molecule has 0 N–H and O–H groups in total. The summed E-state index contributed by atoms with van der Waals surface area (Å²) in [7, 11) is 0. The number of aromatic nitrogens is 2. The molecule has 3 rings (SSSR count). The average molecular weight is 210 g/mol. The van der Waals surface area contributed by atoms with E-state index in [1.54, 1.807) is 0 Å². The van der Waals surface area contributed by atoms with Gasteiger partial charge in [-0.2, -0.15) is 0 Å². The van der Waals surface area contributed by atoms with Gasteiger partial charge in [-0.3, -0.25) is 4.57 Å². The molecule has 0 aliphatic heterocycles. The van der Waals surface area contributed by atoms with Crippen molar-refractivity contribution in [3.8, 4) is 0 Å². The van der Waals surface area contributed by atoms with Crippen LogP contribution in [0.3, 0.4) is 0 Å². The highest BCUT2D eigenvalue weighted by molar-refractivity contribution is 5.83. The average Bonchev–Trinajstić information content (AvgIpc) is 2.75. The molecule has 80 valence electrons. The monoisotopic (exact) mass is 210 g/mol. The lowest BCUT2D eigenvalue weighted by Crippen LogP contribution is -1.95. The molecule has 16 heavy (non-hydrogen) atoms. The largest absolute Gasteiger partial charge is 0.299 e. The number of benzene rings is 1. The van der Waals surface area contributed by atoms with Gasteiger partial charge in [-0.25, -0.2) is 4.98 Å². The molecule has 2 aromatic rings. The van der Waals surface area contributed by atoms with E-state index in [9.17, 15) is 0 Å². The maximum Gasteiger partial charge on any atom is 0.100 e. The molecule has 0 amide bonds. The number of hydrogen-bond donors (Lipinski definition) is 0. The van der Waals surface area contributed by atoms with Crippen LogP contribution in [-0.4, -0.2) is 9.55 Å². The van der Waals surface area contributed by atoms with Crippen molar-refractivity contribution in [1.82, 2.24) is 9.55 Å². The Balaban J connectivity index is 2.21. The van der Waals surface area contributed by atoms with Gasteiger partial charge in [-0.05, 0) is 37.5 Å². The van der Waals surface area contributed by atoms with Gasteiger partial charge in [0.05, 0.1) is 11.0 Å². The summed E-state index contributed by atoms with van der Waals surface area (Å²) >= 11 is 0. The summed E-state index contributed by atoms with van der Waals surface area (Å²) in [6.07, 6.45) is 10.8. The second kappa shape index (κ2) is 3.63. The van der Waals surface area contributed by atoms with Crippen molar-refractivity contribution in [1.29, 1.82) is 0 Å². The summed E-state index contributed by atoms with van der Waals surface area (Å²) in [6, 6.07) is 6.31. The van der Waals surface area contributed by atoms with Crippen LogP contribution in [0.1, 0.15) is 18.4 Å². The second-order valence-electron chi connectivity index (χ2n) is 4.17. The zero-order valence-electron chi connectivity index (χ0n) is 9.35. The van der Waals surface area contributed by atoms with Gasteiger partial charge < -0.3 is 0 Å². The Morgan fingerprint density at radius 2 is 2.19 bits per heavy atom. The van der Waals surface area contributed by atoms with E-state index >= 15 is 0 Å². The van der Waals surface area contributed by atoms with Crippen molar-refractivity contribution in [3.05, 3.63) is 48.3 Å². The number of imidazole rings is 1. The van der Waals surface area contributed by atoms with Gasteiger partial charge in [-0.1, -0.05) is 24.3 Å². The highest BCUT2D eigenvalue weighted by Crippen LogP contribution is 2.22. The Morgan fingerprint density at radius 3 is 3.00 bits per heavy atom. The number of hydrogen-bond acceptors (Lipinski definition) is 1. The minimum atomic E-state index is 1.10. The first-order valence-electron chi connectivity index (χ1n) is 5.66. The van der Waals surface area contributed by atoms with E-state index in [2.05, 4.69) is 52.9 Å². The quantitative estimate of drug-likeness (QED) is 0.704. The fraction of sp³-hybridized carbons (Fsp3) is 0.214. The molecule has 0 bridgehead atoms. The first-order chi connectivity index (χ1) is 7.86. The zero-order chi connectivity index (χ0) is 11.0. The molecule has 0 saturated carbocycles. The summed E-state index contributed by atoms with van der Waals surface area (Å²) in [5.74, 6) is 0. The maximum absolute atomic E-state index is 4.48. The minimum Gasteiger partial charge on any atom is -0.299 e. The van der Waals surface area contributed by atoms with Crippen molar-refractivity contribution in [2.75, 3.05) is 0 Å². The molecule has 0 saturated heterocycles. The van der Waals surface area contributed by atoms with Crippen LogP contribution in [0.5, 0.6) is 0 Å². The van der Waals surface area contributed by atoms with Gasteiger partial charge in [0.15, 0.2) is 0 Å². The van der Waals surface area contributed by atoms with Crippen LogP contribution < -0.4 is 0 Å². The normalized spacial score (nSPS) is 15.4. The fourth-order valence-electron chi connectivity index (χ4n) is 2.17. The van der Waals surface area contributed by atoms with Crippen LogP contribution in [0, 0.1) is 6.92 Å².